The van der Waals surface area contributed by atoms with Crippen LogP contribution in [0.25, 0.3) is 11.1 Å². The maximum absolute atomic E-state index is 10.8. The normalized spacial score (nSPS) is 10.8. The summed E-state index contributed by atoms with van der Waals surface area (Å²) in [5.74, 6) is -0.495. The quantitative estimate of drug-likeness (QED) is 0.650. The molecule has 0 aliphatic rings. The third-order valence-corrected chi connectivity index (χ3v) is 1.71. The largest absolute Gasteiger partial charge is 0.417 e. The summed E-state index contributed by atoms with van der Waals surface area (Å²) < 4.78 is 4.79. The Morgan fingerprint density at radius 3 is 3.08 bits per heavy atom. The van der Waals surface area contributed by atoms with Crippen molar-refractivity contribution in [2.45, 2.75) is 6.61 Å². The van der Waals surface area contributed by atoms with Gasteiger partial charge < -0.3 is 9.52 Å². The lowest BCUT2D eigenvalue weighted by Gasteiger charge is -1.94. The topological polar surface area (TPSA) is 66.2 Å². The number of aromatic amines is 1. The molecule has 0 spiro atoms. The van der Waals surface area contributed by atoms with Crippen LogP contribution in [0.15, 0.2) is 27.4 Å². The number of fused-ring (bicyclic) bond motifs is 1. The van der Waals surface area contributed by atoms with Crippen molar-refractivity contribution >= 4 is 11.1 Å². The molecule has 1 heterocycles. The van der Waals surface area contributed by atoms with Gasteiger partial charge in [0.25, 0.3) is 0 Å². The maximum Gasteiger partial charge on any atom is 0.417 e. The Balaban J connectivity index is 2.87. The summed E-state index contributed by atoms with van der Waals surface area (Å²) in [6.45, 7) is -0.104. The van der Waals surface area contributed by atoms with Crippen molar-refractivity contribution in [1.82, 2.24) is 4.98 Å². The van der Waals surface area contributed by atoms with E-state index < -0.39 is 5.76 Å². The van der Waals surface area contributed by atoms with Crippen LogP contribution in [0.5, 0.6) is 0 Å². The van der Waals surface area contributed by atoms with E-state index in [2.05, 4.69) is 4.98 Å². The molecule has 62 valence electrons. The van der Waals surface area contributed by atoms with Gasteiger partial charge in [0.1, 0.15) is 0 Å². The molecule has 0 atom stereocenters. The van der Waals surface area contributed by atoms with Crippen LogP contribution in [0.4, 0.5) is 0 Å². The standard InChI is InChI=1S/C8H7NO3/c10-4-5-2-1-3-6-7(5)9-8(11)12-6/h1-3,10H,4H2,(H,9,11). The number of aliphatic hydroxyl groups excluding tert-OH is 1. The lowest BCUT2D eigenvalue weighted by atomic mass is 10.2. The molecule has 2 N–H and O–H groups in total. The van der Waals surface area contributed by atoms with Crippen molar-refractivity contribution in [2.75, 3.05) is 0 Å². The predicted octanol–water partition coefficient (Wildman–Crippen LogP) is 0.613. The molecule has 0 aliphatic carbocycles. The van der Waals surface area contributed by atoms with E-state index >= 15 is 0 Å². The second kappa shape index (κ2) is 2.49. The van der Waals surface area contributed by atoms with E-state index in [0.717, 1.165) is 0 Å². The zero-order chi connectivity index (χ0) is 8.55. The summed E-state index contributed by atoms with van der Waals surface area (Å²) in [6.07, 6.45) is 0. The van der Waals surface area contributed by atoms with Gasteiger partial charge in [0.05, 0.1) is 12.1 Å². The molecule has 2 aromatic rings. The average molecular weight is 165 g/mol. The third-order valence-electron chi connectivity index (χ3n) is 1.71. The van der Waals surface area contributed by atoms with E-state index in [0.29, 0.717) is 16.7 Å². The highest BCUT2D eigenvalue weighted by Gasteiger charge is 2.03. The molecule has 0 amide bonds. The SMILES string of the molecule is O=c1[nH]c2c(CO)cccc2o1. The van der Waals surface area contributed by atoms with E-state index in [1.54, 1.807) is 18.2 Å². The molecule has 0 aliphatic heterocycles. The Bertz CT molecular complexity index is 455. The van der Waals surface area contributed by atoms with Gasteiger partial charge in [0.15, 0.2) is 5.58 Å². The van der Waals surface area contributed by atoms with E-state index in [-0.39, 0.29) is 6.61 Å². The first-order chi connectivity index (χ1) is 5.81. The smallest absolute Gasteiger partial charge is 0.408 e. The monoisotopic (exact) mass is 165 g/mol. The minimum Gasteiger partial charge on any atom is -0.408 e. The van der Waals surface area contributed by atoms with Crippen molar-refractivity contribution in [2.24, 2.45) is 0 Å². The first-order valence-electron chi connectivity index (χ1n) is 3.53. The fourth-order valence-corrected chi connectivity index (χ4v) is 1.16. The van der Waals surface area contributed by atoms with Gasteiger partial charge in [-0.25, -0.2) is 4.79 Å². The van der Waals surface area contributed by atoms with Gasteiger partial charge >= 0.3 is 5.76 Å². The van der Waals surface area contributed by atoms with E-state index in [9.17, 15) is 4.79 Å². The van der Waals surface area contributed by atoms with E-state index in [4.69, 9.17) is 9.52 Å². The van der Waals surface area contributed by atoms with Crippen LogP contribution >= 0.6 is 0 Å². The zero-order valence-electron chi connectivity index (χ0n) is 6.20. The highest BCUT2D eigenvalue weighted by atomic mass is 16.4. The number of para-hydroxylation sites is 1. The molecule has 0 bridgehead atoms. The number of oxazole rings is 1. The molecule has 1 aromatic heterocycles. The van der Waals surface area contributed by atoms with Gasteiger partial charge in [-0.2, -0.15) is 0 Å². The molecule has 12 heavy (non-hydrogen) atoms. The molecular formula is C8H7NO3. The third kappa shape index (κ3) is 0.931. The Hall–Kier alpha value is -1.55. The minimum atomic E-state index is -0.495. The summed E-state index contributed by atoms with van der Waals surface area (Å²) >= 11 is 0. The predicted molar refractivity (Wildman–Crippen MR) is 42.8 cm³/mol. The van der Waals surface area contributed by atoms with Crippen LogP contribution in [0.3, 0.4) is 0 Å². The number of hydrogen-bond acceptors (Lipinski definition) is 3. The number of aliphatic hydroxyl groups is 1. The van der Waals surface area contributed by atoms with Crippen LogP contribution in [-0.4, -0.2) is 10.1 Å². The molecule has 0 fully saturated rings. The number of rotatable bonds is 1. The molecule has 0 unspecified atom stereocenters. The Morgan fingerprint density at radius 2 is 2.33 bits per heavy atom. The van der Waals surface area contributed by atoms with Crippen LogP contribution in [0.2, 0.25) is 0 Å². The van der Waals surface area contributed by atoms with Crippen molar-refractivity contribution in [3.05, 3.63) is 34.3 Å². The first kappa shape index (κ1) is 7.12. The summed E-state index contributed by atoms with van der Waals surface area (Å²) in [7, 11) is 0. The lowest BCUT2D eigenvalue weighted by Crippen LogP contribution is -1.94. The van der Waals surface area contributed by atoms with E-state index in [1.807, 2.05) is 0 Å². The van der Waals surface area contributed by atoms with Crippen molar-refractivity contribution < 1.29 is 9.52 Å². The first-order valence-corrected chi connectivity index (χ1v) is 3.53. The highest BCUT2D eigenvalue weighted by molar-refractivity contribution is 5.75. The van der Waals surface area contributed by atoms with Gasteiger partial charge in [-0.05, 0) is 6.07 Å². The van der Waals surface area contributed by atoms with Gasteiger partial charge in [-0.1, -0.05) is 12.1 Å². The molecule has 0 saturated carbocycles. The summed E-state index contributed by atoms with van der Waals surface area (Å²) in [6, 6.07) is 5.13. The van der Waals surface area contributed by atoms with Gasteiger partial charge in [-0.15, -0.1) is 0 Å². The second-order valence-electron chi connectivity index (χ2n) is 2.46. The van der Waals surface area contributed by atoms with Crippen LogP contribution in [-0.2, 0) is 6.61 Å². The molecule has 0 radical (unpaired) electrons. The summed E-state index contributed by atoms with van der Waals surface area (Å²) in [5.41, 5.74) is 1.72. The van der Waals surface area contributed by atoms with Crippen LogP contribution in [0, 0.1) is 0 Å². The fraction of sp³-hybridized carbons (Fsp3) is 0.125. The van der Waals surface area contributed by atoms with Crippen LogP contribution < -0.4 is 5.76 Å². The molecule has 4 heteroatoms. The van der Waals surface area contributed by atoms with Crippen molar-refractivity contribution in [3.8, 4) is 0 Å². The Kier molecular flexibility index (Phi) is 1.48. The minimum absolute atomic E-state index is 0.104. The maximum atomic E-state index is 10.8. The fourth-order valence-electron chi connectivity index (χ4n) is 1.16. The Labute approximate surface area is 67.4 Å². The van der Waals surface area contributed by atoms with E-state index in [1.165, 1.54) is 0 Å². The summed E-state index contributed by atoms with van der Waals surface area (Å²) in [4.78, 5) is 13.2. The van der Waals surface area contributed by atoms with Crippen LogP contribution in [0.1, 0.15) is 5.56 Å². The number of hydrogen-bond donors (Lipinski definition) is 2. The number of H-pyrrole nitrogens is 1. The van der Waals surface area contributed by atoms with Gasteiger partial charge in [0, 0.05) is 5.56 Å². The average Bonchev–Trinajstić information content (AvgIpc) is 2.44. The summed E-state index contributed by atoms with van der Waals surface area (Å²) in [5, 5.41) is 8.88. The lowest BCUT2D eigenvalue weighted by molar-refractivity contribution is 0.283. The van der Waals surface area contributed by atoms with Crippen molar-refractivity contribution in [3.63, 3.8) is 0 Å². The molecule has 0 saturated heterocycles. The second-order valence-corrected chi connectivity index (χ2v) is 2.46. The highest BCUT2D eigenvalue weighted by Crippen LogP contribution is 2.14. The Morgan fingerprint density at radius 1 is 1.50 bits per heavy atom. The molecular weight excluding hydrogens is 158 g/mol. The molecule has 1 aromatic carbocycles. The number of benzene rings is 1. The zero-order valence-corrected chi connectivity index (χ0v) is 6.20. The number of nitrogens with one attached hydrogen (secondary N) is 1. The van der Waals surface area contributed by atoms with Crippen molar-refractivity contribution in [1.29, 1.82) is 0 Å². The molecule has 4 nitrogen and oxygen atoms in total. The van der Waals surface area contributed by atoms with Gasteiger partial charge in [-0.3, -0.25) is 4.98 Å². The van der Waals surface area contributed by atoms with Gasteiger partial charge in [0.2, 0.25) is 0 Å². The number of aromatic nitrogens is 1. The molecule has 2 rings (SSSR count).